The van der Waals surface area contributed by atoms with E-state index in [0.717, 1.165) is 19.3 Å². The lowest BCUT2D eigenvalue weighted by atomic mass is 9.96. The summed E-state index contributed by atoms with van der Waals surface area (Å²) in [5.74, 6) is 0.150. The lowest BCUT2D eigenvalue weighted by Gasteiger charge is -2.15. The number of carbonyl (C=O) groups is 1. The molecule has 2 unspecified atom stereocenters. The van der Waals surface area contributed by atoms with E-state index in [2.05, 4.69) is 6.58 Å². The van der Waals surface area contributed by atoms with Gasteiger partial charge in [0.15, 0.2) is 0 Å². The maximum Gasteiger partial charge on any atom is 0.333 e. The standard InChI is InChI=1S/C14H26O4/c1-11(2)14(17)18-10-12(3)5-4-6-13(9-16)7-8-15/h12-13,15-16H,1,4-10H2,2-3H3. The van der Waals surface area contributed by atoms with Gasteiger partial charge in [0.25, 0.3) is 0 Å². The molecule has 18 heavy (non-hydrogen) atoms. The van der Waals surface area contributed by atoms with Crippen molar-refractivity contribution in [2.75, 3.05) is 19.8 Å². The van der Waals surface area contributed by atoms with Crippen molar-refractivity contribution in [3.05, 3.63) is 12.2 Å². The fourth-order valence-corrected chi connectivity index (χ4v) is 1.69. The van der Waals surface area contributed by atoms with Crippen molar-refractivity contribution >= 4 is 5.97 Å². The van der Waals surface area contributed by atoms with E-state index >= 15 is 0 Å². The summed E-state index contributed by atoms with van der Waals surface area (Å²) in [5.41, 5.74) is 0.422. The van der Waals surface area contributed by atoms with Gasteiger partial charge < -0.3 is 14.9 Å². The molecule has 106 valence electrons. The molecular weight excluding hydrogens is 232 g/mol. The summed E-state index contributed by atoms with van der Waals surface area (Å²) in [5, 5.41) is 17.9. The zero-order valence-electron chi connectivity index (χ0n) is 11.5. The molecule has 0 saturated carbocycles. The molecule has 2 N–H and O–H groups in total. The summed E-state index contributed by atoms with van der Waals surface area (Å²) in [4.78, 5) is 11.2. The monoisotopic (exact) mass is 258 g/mol. The fourth-order valence-electron chi connectivity index (χ4n) is 1.69. The molecule has 0 bridgehead atoms. The summed E-state index contributed by atoms with van der Waals surface area (Å²) in [6, 6.07) is 0. The number of aliphatic hydroxyl groups is 2. The molecule has 0 saturated heterocycles. The van der Waals surface area contributed by atoms with Gasteiger partial charge in [-0.3, -0.25) is 0 Å². The topological polar surface area (TPSA) is 66.8 Å². The van der Waals surface area contributed by atoms with Gasteiger partial charge in [0.05, 0.1) is 6.61 Å². The van der Waals surface area contributed by atoms with Gasteiger partial charge in [-0.2, -0.15) is 0 Å². The van der Waals surface area contributed by atoms with Crippen LogP contribution in [-0.2, 0) is 9.53 Å². The first kappa shape index (κ1) is 17.1. The van der Waals surface area contributed by atoms with Crippen LogP contribution in [-0.4, -0.2) is 36.0 Å². The molecule has 2 atom stereocenters. The number of ether oxygens (including phenoxy) is 1. The maximum absolute atomic E-state index is 11.2. The largest absolute Gasteiger partial charge is 0.462 e. The average molecular weight is 258 g/mol. The number of hydrogen-bond donors (Lipinski definition) is 2. The van der Waals surface area contributed by atoms with E-state index in [1.165, 1.54) is 0 Å². The normalized spacial score (nSPS) is 14.0. The Kier molecular flexibility index (Phi) is 9.60. The van der Waals surface area contributed by atoms with Gasteiger partial charge in [-0.15, -0.1) is 0 Å². The number of hydrogen-bond acceptors (Lipinski definition) is 4. The lowest BCUT2D eigenvalue weighted by Crippen LogP contribution is -2.13. The van der Waals surface area contributed by atoms with E-state index in [1.807, 2.05) is 6.92 Å². The second-order valence-electron chi connectivity index (χ2n) is 4.98. The molecule has 4 heteroatoms. The predicted octanol–water partition coefficient (Wildman–Crippen LogP) is 1.90. The maximum atomic E-state index is 11.2. The van der Waals surface area contributed by atoms with Crippen LogP contribution in [0.1, 0.15) is 39.5 Å². The average Bonchev–Trinajstić information content (AvgIpc) is 2.34. The molecule has 0 aliphatic rings. The first-order valence-corrected chi connectivity index (χ1v) is 6.55. The predicted molar refractivity (Wildman–Crippen MR) is 71.1 cm³/mol. The Balaban J connectivity index is 3.66. The number of carbonyl (C=O) groups excluding carboxylic acids is 1. The molecule has 0 aromatic carbocycles. The Morgan fingerprint density at radius 2 is 1.94 bits per heavy atom. The molecule has 4 nitrogen and oxygen atoms in total. The van der Waals surface area contributed by atoms with Gasteiger partial charge in [0.1, 0.15) is 0 Å². The summed E-state index contributed by atoms with van der Waals surface area (Å²) >= 11 is 0. The summed E-state index contributed by atoms with van der Waals surface area (Å²) < 4.78 is 5.07. The molecule has 0 rings (SSSR count). The third kappa shape index (κ3) is 8.25. The number of rotatable bonds is 10. The molecule has 0 aromatic rings. The van der Waals surface area contributed by atoms with Crippen molar-refractivity contribution in [3.8, 4) is 0 Å². The minimum Gasteiger partial charge on any atom is -0.462 e. The number of esters is 1. The Hall–Kier alpha value is -0.870. The van der Waals surface area contributed by atoms with E-state index in [0.29, 0.717) is 24.5 Å². The second-order valence-corrected chi connectivity index (χ2v) is 4.98. The lowest BCUT2D eigenvalue weighted by molar-refractivity contribution is -0.140. The smallest absolute Gasteiger partial charge is 0.333 e. The molecule has 0 amide bonds. The minimum atomic E-state index is -0.338. The van der Waals surface area contributed by atoms with Crippen LogP contribution in [0.25, 0.3) is 0 Å². The van der Waals surface area contributed by atoms with Crippen molar-refractivity contribution in [1.82, 2.24) is 0 Å². The molecule has 0 aliphatic heterocycles. The molecule has 0 spiro atoms. The van der Waals surface area contributed by atoms with Crippen LogP contribution in [0.4, 0.5) is 0 Å². The van der Waals surface area contributed by atoms with Crippen LogP contribution in [0.15, 0.2) is 12.2 Å². The highest BCUT2D eigenvalue weighted by Gasteiger charge is 2.10. The van der Waals surface area contributed by atoms with Gasteiger partial charge in [-0.05, 0) is 38.0 Å². The van der Waals surface area contributed by atoms with E-state index < -0.39 is 0 Å². The minimum absolute atomic E-state index is 0.122. The molecule has 0 radical (unpaired) electrons. The first-order chi connectivity index (χ1) is 8.51. The molecule has 0 fully saturated rings. The van der Waals surface area contributed by atoms with Gasteiger partial charge in [0, 0.05) is 18.8 Å². The van der Waals surface area contributed by atoms with Crippen LogP contribution < -0.4 is 0 Å². The van der Waals surface area contributed by atoms with Crippen molar-refractivity contribution in [1.29, 1.82) is 0 Å². The zero-order valence-corrected chi connectivity index (χ0v) is 11.5. The third-order valence-electron chi connectivity index (χ3n) is 2.95. The van der Waals surface area contributed by atoms with Crippen molar-refractivity contribution in [2.24, 2.45) is 11.8 Å². The number of aliphatic hydroxyl groups excluding tert-OH is 2. The Labute approximate surface area is 110 Å². The summed E-state index contributed by atoms with van der Waals surface area (Å²) in [6.07, 6.45) is 3.47. The molecule has 0 aromatic heterocycles. The highest BCUT2D eigenvalue weighted by molar-refractivity contribution is 5.86. The highest BCUT2D eigenvalue weighted by atomic mass is 16.5. The second kappa shape index (κ2) is 10.1. The molecule has 0 heterocycles. The van der Waals surface area contributed by atoms with Crippen LogP contribution in [0.2, 0.25) is 0 Å². The van der Waals surface area contributed by atoms with Gasteiger partial charge in [0.2, 0.25) is 0 Å². The summed E-state index contributed by atoms with van der Waals surface area (Å²) in [6.45, 7) is 7.85. The summed E-state index contributed by atoms with van der Waals surface area (Å²) in [7, 11) is 0. The molecule has 0 aliphatic carbocycles. The first-order valence-electron chi connectivity index (χ1n) is 6.55. The van der Waals surface area contributed by atoms with Crippen molar-refractivity contribution in [2.45, 2.75) is 39.5 Å². The quantitative estimate of drug-likeness (QED) is 0.464. The van der Waals surface area contributed by atoms with E-state index in [9.17, 15) is 4.79 Å². The molecular formula is C14H26O4. The highest BCUT2D eigenvalue weighted by Crippen LogP contribution is 2.15. The third-order valence-corrected chi connectivity index (χ3v) is 2.95. The van der Waals surface area contributed by atoms with E-state index in [4.69, 9.17) is 14.9 Å². The van der Waals surface area contributed by atoms with Crippen LogP contribution in [0, 0.1) is 11.8 Å². The Morgan fingerprint density at radius 1 is 1.28 bits per heavy atom. The van der Waals surface area contributed by atoms with Crippen LogP contribution >= 0.6 is 0 Å². The van der Waals surface area contributed by atoms with Crippen LogP contribution in [0.3, 0.4) is 0 Å². The zero-order chi connectivity index (χ0) is 14.0. The van der Waals surface area contributed by atoms with Crippen LogP contribution in [0.5, 0.6) is 0 Å². The Morgan fingerprint density at radius 3 is 2.44 bits per heavy atom. The van der Waals surface area contributed by atoms with Crippen molar-refractivity contribution < 1.29 is 19.7 Å². The van der Waals surface area contributed by atoms with Crippen molar-refractivity contribution in [3.63, 3.8) is 0 Å². The van der Waals surface area contributed by atoms with E-state index in [-0.39, 0.29) is 25.1 Å². The Bertz CT molecular complexity index is 250. The fraction of sp³-hybridized carbons (Fsp3) is 0.786. The van der Waals surface area contributed by atoms with Gasteiger partial charge in [-0.1, -0.05) is 19.9 Å². The van der Waals surface area contributed by atoms with Gasteiger partial charge >= 0.3 is 5.97 Å². The van der Waals surface area contributed by atoms with Gasteiger partial charge in [-0.25, -0.2) is 4.79 Å². The SMILES string of the molecule is C=C(C)C(=O)OCC(C)CCCC(CO)CCO. The van der Waals surface area contributed by atoms with E-state index in [1.54, 1.807) is 6.92 Å².